The molecule has 2 aromatic carbocycles. The quantitative estimate of drug-likeness (QED) is 0.626. The topological polar surface area (TPSA) is 74.5 Å². The summed E-state index contributed by atoms with van der Waals surface area (Å²) < 4.78 is 41.6. The first-order valence-electron chi connectivity index (χ1n) is 7.64. The molecule has 0 fully saturated rings. The van der Waals surface area contributed by atoms with Gasteiger partial charge in [0.25, 0.3) is 5.89 Å². The van der Waals surface area contributed by atoms with Crippen LogP contribution in [0.25, 0.3) is 0 Å². The Morgan fingerprint density at radius 3 is 2.62 bits per heavy atom. The predicted molar refractivity (Wildman–Crippen MR) is 85.3 cm³/mol. The van der Waals surface area contributed by atoms with Crippen LogP contribution in [0.3, 0.4) is 0 Å². The molecule has 3 rings (SSSR count). The molecule has 0 aliphatic rings. The van der Waals surface area contributed by atoms with Crippen molar-refractivity contribution < 1.29 is 27.6 Å². The van der Waals surface area contributed by atoms with Crippen molar-refractivity contribution >= 4 is 5.97 Å². The Kier molecular flexibility index (Phi) is 5.21. The van der Waals surface area contributed by atoms with Gasteiger partial charge in [-0.2, -0.15) is 4.98 Å². The molecule has 0 unspecified atom stereocenters. The van der Waals surface area contributed by atoms with E-state index in [1.165, 1.54) is 36.4 Å². The lowest BCUT2D eigenvalue weighted by Crippen LogP contribution is -2.06. The molecule has 26 heavy (non-hydrogen) atoms. The zero-order valence-corrected chi connectivity index (χ0v) is 13.7. The van der Waals surface area contributed by atoms with Crippen LogP contribution in [-0.2, 0) is 18.0 Å². The average molecular weight is 360 g/mol. The van der Waals surface area contributed by atoms with Crippen LogP contribution >= 0.6 is 0 Å². The second kappa shape index (κ2) is 7.73. The SMILES string of the molecule is Cc1ccc(C(=O)OCc2nc(COc3ccc(F)cc3)no2)cc1F. The van der Waals surface area contributed by atoms with E-state index in [1.807, 2.05) is 0 Å². The van der Waals surface area contributed by atoms with Crippen molar-refractivity contribution in [1.29, 1.82) is 0 Å². The summed E-state index contributed by atoms with van der Waals surface area (Å²) in [5, 5.41) is 3.69. The highest BCUT2D eigenvalue weighted by molar-refractivity contribution is 5.89. The Morgan fingerprint density at radius 2 is 1.88 bits per heavy atom. The van der Waals surface area contributed by atoms with E-state index in [2.05, 4.69) is 10.1 Å². The Hall–Kier alpha value is -3.29. The highest BCUT2D eigenvalue weighted by Gasteiger charge is 2.13. The van der Waals surface area contributed by atoms with Gasteiger partial charge >= 0.3 is 5.97 Å². The molecule has 134 valence electrons. The fraction of sp³-hybridized carbons (Fsp3) is 0.167. The van der Waals surface area contributed by atoms with E-state index in [0.29, 0.717) is 11.3 Å². The van der Waals surface area contributed by atoms with Crippen LogP contribution in [0.1, 0.15) is 27.6 Å². The fourth-order valence-corrected chi connectivity index (χ4v) is 2.02. The van der Waals surface area contributed by atoms with Gasteiger partial charge in [-0.1, -0.05) is 11.2 Å². The standard InChI is InChI=1S/C18H14F2N2O4/c1-11-2-3-12(8-15(11)20)18(23)25-10-17-21-16(22-26-17)9-24-14-6-4-13(19)5-7-14/h2-8H,9-10H2,1H3. The van der Waals surface area contributed by atoms with E-state index in [9.17, 15) is 13.6 Å². The van der Waals surface area contributed by atoms with Gasteiger partial charge < -0.3 is 14.0 Å². The maximum Gasteiger partial charge on any atom is 0.338 e. The van der Waals surface area contributed by atoms with Crippen molar-refractivity contribution in [3.8, 4) is 5.75 Å². The summed E-state index contributed by atoms with van der Waals surface area (Å²) in [4.78, 5) is 15.9. The number of nitrogens with zero attached hydrogens (tertiary/aromatic N) is 2. The highest BCUT2D eigenvalue weighted by Crippen LogP contribution is 2.14. The second-order valence-electron chi connectivity index (χ2n) is 5.39. The maximum atomic E-state index is 13.5. The third kappa shape index (κ3) is 4.41. The predicted octanol–water partition coefficient (Wildman–Crippen LogP) is 3.59. The summed E-state index contributed by atoms with van der Waals surface area (Å²) in [6.45, 7) is 1.35. The summed E-state index contributed by atoms with van der Waals surface area (Å²) >= 11 is 0. The monoisotopic (exact) mass is 360 g/mol. The molecule has 0 N–H and O–H groups in total. The minimum absolute atomic E-state index is 0.00620. The lowest BCUT2D eigenvalue weighted by molar-refractivity contribution is 0.0429. The summed E-state index contributed by atoms with van der Waals surface area (Å²) in [5.74, 6) is -0.797. The molecule has 0 radical (unpaired) electrons. The number of ether oxygens (including phenoxy) is 2. The largest absolute Gasteiger partial charge is 0.485 e. The van der Waals surface area contributed by atoms with Crippen molar-refractivity contribution in [2.24, 2.45) is 0 Å². The number of benzene rings is 2. The number of aromatic nitrogens is 2. The Labute approximate surface area is 147 Å². The lowest BCUT2D eigenvalue weighted by Gasteiger charge is -2.03. The molecular weight excluding hydrogens is 346 g/mol. The Balaban J connectivity index is 1.52. The number of halogens is 2. The van der Waals surface area contributed by atoms with Crippen molar-refractivity contribution in [2.45, 2.75) is 20.1 Å². The third-order valence-electron chi connectivity index (χ3n) is 3.43. The zero-order valence-electron chi connectivity index (χ0n) is 13.7. The number of hydrogen-bond acceptors (Lipinski definition) is 6. The van der Waals surface area contributed by atoms with E-state index in [4.69, 9.17) is 14.0 Å². The summed E-state index contributed by atoms with van der Waals surface area (Å²) in [7, 11) is 0. The number of esters is 1. The molecule has 1 aromatic heterocycles. The van der Waals surface area contributed by atoms with E-state index in [-0.39, 0.29) is 36.3 Å². The van der Waals surface area contributed by atoms with Crippen LogP contribution in [0.5, 0.6) is 5.75 Å². The van der Waals surface area contributed by atoms with Crippen molar-refractivity contribution in [1.82, 2.24) is 10.1 Å². The minimum atomic E-state index is -0.703. The molecule has 0 saturated carbocycles. The van der Waals surface area contributed by atoms with Crippen molar-refractivity contribution in [2.75, 3.05) is 0 Å². The minimum Gasteiger partial charge on any atom is -0.485 e. The van der Waals surface area contributed by atoms with Gasteiger partial charge in [0.1, 0.15) is 17.4 Å². The van der Waals surface area contributed by atoms with E-state index in [1.54, 1.807) is 6.92 Å². The summed E-state index contributed by atoms with van der Waals surface area (Å²) in [6, 6.07) is 9.54. The summed E-state index contributed by atoms with van der Waals surface area (Å²) in [5.41, 5.74) is 0.525. The molecule has 0 spiro atoms. The van der Waals surface area contributed by atoms with Crippen LogP contribution in [0.4, 0.5) is 8.78 Å². The van der Waals surface area contributed by atoms with Gasteiger partial charge in [0.2, 0.25) is 5.82 Å². The van der Waals surface area contributed by atoms with Crippen LogP contribution < -0.4 is 4.74 Å². The summed E-state index contributed by atoms with van der Waals surface area (Å²) in [6.07, 6.45) is 0. The number of rotatable bonds is 6. The zero-order chi connectivity index (χ0) is 18.5. The fourth-order valence-electron chi connectivity index (χ4n) is 2.02. The van der Waals surface area contributed by atoms with Gasteiger partial charge in [-0.3, -0.25) is 0 Å². The molecule has 0 aliphatic heterocycles. The molecule has 0 saturated heterocycles. The van der Waals surface area contributed by atoms with Crippen LogP contribution in [0, 0.1) is 18.6 Å². The highest BCUT2D eigenvalue weighted by atomic mass is 19.1. The number of hydrogen-bond donors (Lipinski definition) is 0. The molecule has 0 aliphatic carbocycles. The van der Waals surface area contributed by atoms with Crippen LogP contribution in [-0.4, -0.2) is 16.1 Å². The van der Waals surface area contributed by atoms with Gasteiger partial charge in [-0.15, -0.1) is 0 Å². The van der Waals surface area contributed by atoms with Gasteiger partial charge in [-0.25, -0.2) is 13.6 Å². The molecule has 6 nitrogen and oxygen atoms in total. The first-order valence-corrected chi connectivity index (χ1v) is 7.64. The molecule has 0 bridgehead atoms. The Bertz CT molecular complexity index is 910. The van der Waals surface area contributed by atoms with Gasteiger partial charge in [-0.05, 0) is 48.9 Å². The molecule has 0 amide bonds. The first kappa shape index (κ1) is 17.5. The average Bonchev–Trinajstić information content (AvgIpc) is 3.09. The molecular formula is C18H14F2N2O4. The van der Waals surface area contributed by atoms with E-state index >= 15 is 0 Å². The third-order valence-corrected chi connectivity index (χ3v) is 3.43. The number of carbonyl (C=O) groups excluding carboxylic acids is 1. The maximum absolute atomic E-state index is 13.5. The van der Waals surface area contributed by atoms with Crippen LogP contribution in [0.2, 0.25) is 0 Å². The van der Waals surface area contributed by atoms with Gasteiger partial charge in [0.15, 0.2) is 13.2 Å². The molecule has 1 heterocycles. The Morgan fingerprint density at radius 1 is 1.12 bits per heavy atom. The first-order chi connectivity index (χ1) is 12.5. The van der Waals surface area contributed by atoms with Gasteiger partial charge in [0.05, 0.1) is 5.56 Å². The van der Waals surface area contributed by atoms with Crippen LogP contribution in [0.15, 0.2) is 47.0 Å². The molecule has 0 atom stereocenters. The number of carbonyl (C=O) groups is 1. The number of aryl methyl sites for hydroxylation is 1. The molecule has 8 heteroatoms. The van der Waals surface area contributed by atoms with E-state index in [0.717, 1.165) is 6.07 Å². The second-order valence-corrected chi connectivity index (χ2v) is 5.39. The van der Waals surface area contributed by atoms with Gasteiger partial charge in [0, 0.05) is 0 Å². The lowest BCUT2D eigenvalue weighted by atomic mass is 10.1. The van der Waals surface area contributed by atoms with Crippen molar-refractivity contribution in [3.63, 3.8) is 0 Å². The normalized spacial score (nSPS) is 10.6. The van der Waals surface area contributed by atoms with Crippen molar-refractivity contribution in [3.05, 3.63) is 76.9 Å². The smallest absolute Gasteiger partial charge is 0.338 e. The van der Waals surface area contributed by atoms with E-state index < -0.39 is 11.8 Å². The molecule has 3 aromatic rings.